The SMILES string of the molecule is CCOC(=O)C1C(=O)Nc2nc3ccccc3n2C1c1ccc(OC)c(OC)c1. The molecule has 1 amide bonds. The van der Waals surface area contributed by atoms with Crippen LogP contribution in [0, 0.1) is 5.92 Å². The van der Waals surface area contributed by atoms with Gasteiger partial charge in [0.2, 0.25) is 11.9 Å². The fraction of sp³-hybridized carbons (Fsp3) is 0.286. The van der Waals surface area contributed by atoms with Crippen LogP contribution in [0.1, 0.15) is 18.5 Å². The van der Waals surface area contributed by atoms with Crippen LogP contribution in [0.3, 0.4) is 0 Å². The maximum Gasteiger partial charge on any atom is 0.321 e. The predicted molar refractivity (Wildman–Crippen MR) is 106 cm³/mol. The molecule has 0 bridgehead atoms. The van der Waals surface area contributed by atoms with Crippen LogP contribution in [0.15, 0.2) is 42.5 Å². The van der Waals surface area contributed by atoms with Gasteiger partial charge in [-0.2, -0.15) is 0 Å². The van der Waals surface area contributed by atoms with Crippen LogP contribution in [0.5, 0.6) is 11.5 Å². The van der Waals surface area contributed by atoms with Crippen molar-refractivity contribution in [3.8, 4) is 11.5 Å². The lowest BCUT2D eigenvalue weighted by molar-refractivity contribution is -0.152. The van der Waals surface area contributed by atoms with E-state index in [-0.39, 0.29) is 6.61 Å². The summed E-state index contributed by atoms with van der Waals surface area (Å²) >= 11 is 0. The summed E-state index contributed by atoms with van der Waals surface area (Å²) in [6.07, 6.45) is 0. The van der Waals surface area contributed by atoms with E-state index in [9.17, 15) is 9.59 Å². The largest absolute Gasteiger partial charge is 0.493 e. The molecule has 0 aliphatic carbocycles. The molecule has 1 aliphatic rings. The van der Waals surface area contributed by atoms with Gasteiger partial charge in [0, 0.05) is 0 Å². The van der Waals surface area contributed by atoms with Crippen LogP contribution in [-0.2, 0) is 14.3 Å². The summed E-state index contributed by atoms with van der Waals surface area (Å²) in [5.41, 5.74) is 2.23. The van der Waals surface area contributed by atoms with Crippen LogP contribution in [-0.4, -0.2) is 42.3 Å². The summed E-state index contributed by atoms with van der Waals surface area (Å²) in [7, 11) is 3.09. The van der Waals surface area contributed by atoms with E-state index in [0.29, 0.717) is 23.0 Å². The second-order valence-corrected chi connectivity index (χ2v) is 6.57. The van der Waals surface area contributed by atoms with E-state index < -0.39 is 23.8 Å². The number of ether oxygens (including phenoxy) is 3. The van der Waals surface area contributed by atoms with Gasteiger partial charge in [0.1, 0.15) is 0 Å². The minimum Gasteiger partial charge on any atom is -0.493 e. The molecule has 2 unspecified atom stereocenters. The third-order valence-corrected chi connectivity index (χ3v) is 5.00. The van der Waals surface area contributed by atoms with Crippen LogP contribution in [0.4, 0.5) is 5.95 Å². The molecule has 3 aromatic rings. The molecule has 1 aromatic heterocycles. The van der Waals surface area contributed by atoms with Crippen LogP contribution in [0.2, 0.25) is 0 Å². The van der Waals surface area contributed by atoms with E-state index >= 15 is 0 Å². The quantitative estimate of drug-likeness (QED) is 0.528. The van der Waals surface area contributed by atoms with Gasteiger partial charge in [0.25, 0.3) is 0 Å². The molecule has 0 saturated heterocycles. The number of methoxy groups -OCH3 is 2. The number of amides is 1. The number of para-hydroxylation sites is 2. The Morgan fingerprint density at radius 2 is 1.90 bits per heavy atom. The molecule has 2 atom stereocenters. The third-order valence-electron chi connectivity index (χ3n) is 5.00. The number of aromatic nitrogens is 2. The molecule has 2 heterocycles. The number of carbonyl (C=O) groups is 2. The molecule has 8 heteroatoms. The van der Waals surface area contributed by atoms with Gasteiger partial charge in [-0.3, -0.25) is 14.9 Å². The monoisotopic (exact) mass is 395 g/mol. The van der Waals surface area contributed by atoms with Gasteiger partial charge in [-0.05, 0) is 36.8 Å². The molecule has 0 radical (unpaired) electrons. The second kappa shape index (κ2) is 7.46. The maximum atomic E-state index is 12.9. The summed E-state index contributed by atoms with van der Waals surface area (Å²) in [5, 5.41) is 2.75. The summed E-state index contributed by atoms with van der Waals surface area (Å²) in [4.78, 5) is 30.2. The average molecular weight is 395 g/mol. The number of benzene rings is 2. The van der Waals surface area contributed by atoms with Crippen LogP contribution < -0.4 is 14.8 Å². The Morgan fingerprint density at radius 1 is 1.14 bits per heavy atom. The predicted octanol–water partition coefficient (Wildman–Crippen LogP) is 2.77. The lowest BCUT2D eigenvalue weighted by atomic mass is 9.90. The van der Waals surface area contributed by atoms with Gasteiger partial charge >= 0.3 is 5.97 Å². The lowest BCUT2D eigenvalue weighted by Gasteiger charge is -2.32. The molecule has 0 spiro atoms. The Bertz CT molecular complexity index is 1090. The smallest absolute Gasteiger partial charge is 0.321 e. The van der Waals surface area contributed by atoms with Gasteiger partial charge in [-0.1, -0.05) is 18.2 Å². The van der Waals surface area contributed by atoms with E-state index in [0.717, 1.165) is 11.0 Å². The Labute approximate surface area is 167 Å². The number of hydrogen-bond acceptors (Lipinski definition) is 6. The Hall–Kier alpha value is -3.55. The molecule has 4 rings (SSSR count). The normalized spacial score (nSPS) is 18.1. The van der Waals surface area contributed by atoms with Crippen molar-refractivity contribution < 1.29 is 23.8 Å². The molecular weight excluding hydrogens is 374 g/mol. The molecule has 2 aromatic carbocycles. The summed E-state index contributed by atoms with van der Waals surface area (Å²) in [5.74, 6) is -0.668. The molecule has 29 heavy (non-hydrogen) atoms. The number of anilines is 1. The Balaban J connectivity index is 1.96. The van der Waals surface area contributed by atoms with Crippen molar-refractivity contribution in [3.63, 3.8) is 0 Å². The van der Waals surface area contributed by atoms with E-state index in [4.69, 9.17) is 14.2 Å². The maximum absolute atomic E-state index is 12.9. The van der Waals surface area contributed by atoms with Crippen molar-refractivity contribution in [1.82, 2.24) is 9.55 Å². The number of hydrogen-bond donors (Lipinski definition) is 1. The van der Waals surface area contributed by atoms with Gasteiger partial charge < -0.3 is 18.8 Å². The number of fused-ring (bicyclic) bond motifs is 3. The van der Waals surface area contributed by atoms with E-state index in [1.54, 1.807) is 26.2 Å². The Kier molecular flexibility index (Phi) is 4.84. The fourth-order valence-corrected chi connectivity index (χ4v) is 3.74. The summed E-state index contributed by atoms with van der Waals surface area (Å²) in [6.45, 7) is 1.89. The van der Waals surface area contributed by atoms with Crippen molar-refractivity contribution in [2.75, 3.05) is 26.1 Å². The first-order valence-electron chi connectivity index (χ1n) is 9.25. The van der Waals surface area contributed by atoms with Crippen molar-refractivity contribution >= 4 is 28.9 Å². The zero-order valence-electron chi connectivity index (χ0n) is 16.3. The van der Waals surface area contributed by atoms with Gasteiger partial charge in [0.15, 0.2) is 17.4 Å². The van der Waals surface area contributed by atoms with Gasteiger partial charge in [-0.15, -0.1) is 0 Å². The molecule has 1 aliphatic heterocycles. The first-order valence-corrected chi connectivity index (χ1v) is 9.25. The number of nitrogens with zero attached hydrogens (tertiary/aromatic N) is 2. The minimum absolute atomic E-state index is 0.179. The highest BCUT2D eigenvalue weighted by Crippen LogP contribution is 2.41. The van der Waals surface area contributed by atoms with Gasteiger partial charge in [0.05, 0.1) is 37.9 Å². The number of imidazole rings is 1. The standard InChI is InChI=1S/C21H21N3O5/c1-4-29-20(26)17-18(12-9-10-15(27-2)16(11-12)28-3)24-14-8-6-5-7-13(14)22-21(24)23-19(17)25/h5-11,17-18H,4H2,1-3H3,(H,22,23,25). The number of rotatable bonds is 5. The highest BCUT2D eigenvalue weighted by Gasteiger charge is 2.44. The zero-order valence-corrected chi connectivity index (χ0v) is 16.3. The number of nitrogens with one attached hydrogen (secondary N) is 1. The van der Waals surface area contributed by atoms with E-state index in [1.807, 2.05) is 34.9 Å². The molecular formula is C21H21N3O5. The van der Waals surface area contributed by atoms with Crippen molar-refractivity contribution in [2.24, 2.45) is 5.92 Å². The first-order chi connectivity index (χ1) is 14.1. The average Bonchev–Trinajstić information content (AvgIpc) is 3.10. The van der Waals surface area contributed by atoms with Crippen LogP contribution in [0.25, 0.3) is 11.0 Å². The topological polar surface area (TPSA) is 91.7 Å². The molecule has 0 saturated carbocycles. The van der Waals surface area contributed by atoms with Crippen molar-refractivity contribution in [3.05, 3.63) is 48.0 Å². The lowest BCUT2D eigenvalue weighted by Crippen LogP contribution is -2.43. The van der Waals surface area contributed by atoms with E-state index in [2.05, 4.69) is 10.3 Å². The van der Waals surface area contributed by atoms with Crippen LogP contribution >= 0.6 is 0 Å². The van der Waals surface area contributed by atoms with Crippen molar-refractivity contribution in [2.45, 2.75) is 13.0 Å². The molecule has 150 valence electrons. The zero-order chi connectivity index (χ0) is 20.5. The van der Waals surface area contributed by atoms with Crippen molar-refractivity contribution in [1.29, 1.82) is 0 Å². The second-order valence-electron chi connectivity index (χ2n) is 6.57. The van der Waals surface area contributed by atoms with Gasteiger partial charge in [-0.25, -0.2) is 4.98 Å². The fourth-order valence-electron chi connectivity index (χ4n) is 3.74. The van der Waals surface area contributed by atoms with E-state index in [1.165, 1.54) is 7.11 Å². The minimum atomic E-state index is -1.07. The third kappa shape index (κ3) is 3.06. The number of esters is 1. The Morgan fingerprint density at radius 3 is 2.62 bits per heavy atom. The number of carbonyl (C=O) groups excluding carboxylic acids is 2. The molecule has 8 nitrogen and oxygen atoms in total. The molecule has 1 N–H and O–H groups in total. The highest BCUT2D eigenvalue weighted by molar-refractivity contribution is 6.07. The highest BCUT2D eigenvalue weighted by atomic mass is 16.5. The summed E-state index contributed by atoms with van der Waals surface area (Å²) < 4.78 is 17.8. The first kappa shape index (κ1) is 18.8. The molecule has 0 fully saturated rings. The summed E-state index contributed by atoms with van der Waals surface area (Å²) in [6, 6.07) is 12.2.